The van der Waals surface area contributed by atoms with Crippen molar-refractivity contribution in [3.05, 3.63) is 114 Å². The number of para-hydroxylation sites is 1. The van der Waals surface area contributed by atoms with Crippen molar-refractivity contribution in [1.29, 1.82) is 0 Å². The van der Waals surface area contributed by atoms with Crippen LogP contribution < -0.4 is 4.73 Å². The molecule has 0 aliphatic heterocycles. The van der Waals surface area contributed by atoms with Crippen molar-refractivity contribution < 1.29 is 23.8 Å². The Hall–Kier alpha value is -4.72. The molecule has 0 saturated carbocycles. The van der Waals surface area contributed by atoms with Gasteiger partial charge < -0.3 is 19.2 Å². The fourth-order valence-electron chi connectivity index (χ4n) is 3.93. The van der Waals surface area contributed by atoms with Crippen LogP contribution in [0.3, 0.4) is 0 Å². The summed E-state index contributed by atoms with van der Waals surface area (Å²) in [4.78, 5) is 29.7. The largest absolute Gasteiger partial charge is 0.618 e. The molecule has 0 N–H and O–H groups in total. The molecule has 5 rings (SSSR count). The molecule has 2 heterocycles. The summed E-state index contributed by atoms with van der Waals surface area (Å²) in [6.07, 6.45) is 2.19. The van der Waals surface area contributed by atoms with Crippen molar-refractivity contribution in [3.8, 4) is 0 Å². The summed E-state index contributed by atoms with van der Waals surface area (Å²) in [7, 11) is 0. The summed E-state index contributed by atoms with van der Waals surface area (Å²) in [6.45, 7) is 0.0162. The van der Waals surface area contributed by atoms with Gasteiger partial charge in [-0.05, 0) is 30.3 Å². The van der Waals surface area contributed by atoms with Crippen molar-refractivity contribution in [2.24, 2.45) is 0 Å². The van der Waals surface area contributed by atoms with E-state index in [1.165, 1.54) is 6.20 Å². The van der Waals surface area contributed by atoms with Crippen LogP contribution in [-0.2, 0) is 16.0 Å². The van der Waals surface area contributed by atoms with E-state index >= 15 is 0 Å². The lowest BCUT2D eigenvalue weighted by molar-refractivity contribution is -0.575. The maximum Gasteiger partial charge on any atom is 0.338 e. The number of carbonyl (C=O) groups is 2. The molecule has 1 atom stereocenters. The van der Waals surface area contributed by atoms with Gasteiger partial charge in [-0.1, -0.05) is 48.5 Å². The molecule has 2 aromatic heterocycles. The summed E-state index contributed by atoms with van der Waals surface area (Å²) in [6, 6.07) is 24.4. The summed E-state index contributed by atoms with van der Waals surface area (Å²) in [5.74, 6) is -1.04. The Morgan fingerprint density at radius 2 is 1.51 bits per heavy atom. The van der Waals surface area contributed by atoms with Crippen LogP contribution in [0.25, 0.3) is 21.9 Å². The lowest BCUT2D eigenvalue weighted by Gasteiger charge is -2.19. The van der Waals surface area contributed by atoms with Gasteiger partial charge in [-0.2, -0.15) is 4.73 Å². The second-order valence-electron chi connectivity index (χ2n) is 7.96. The average Bonchev–Trinajstić information content (AvgIpc) is 3.30. The fourth-order valence-corrected chi connectivity index (χ4v) is 3.93. The number of ether oxygens (including phenoxy) is 2. The Bertz CT molecular complexity index is 1500. The minimum absolute atomic E-state index is 0.154. The second-order valence-corrected chi connectivity index (χ2v) is 7.96. The van der Waals surface area contributed by atoms with Crippen LogP contribution in [0, 0.1) is 5.21 Å². The molecular weight excluding hydrogens is 446 g/mol. The highest BCUT2D eigenvalue weighted by Crippen LogP contribution is 2.22. The monoisotopic (exact) mass is 467 g/mol. The van der Waals surface area contributed by atoms with Crippen LogP contribution >= 0.6 is 0 Å². The number of hydrogen-bond donors (Lipinski definition) is 0. The van der Waals surface area contributed by atoms with Gasteiger partial charge in [0.25, 0.3) is 0 Å². The van der Waals surface area contributed by atoms with E-state index in [-0.39, 0.29) is 13.2 Å². The Kier molecular flexibility index (Phi) is 6.09. The van der Waals surface area contributed by atoms with Gasteiger partial charge in [0.1, 0.15) is 6.61 Å². The van der Waals surface area contributed by atoms with Crippen molar-refractivity contribution >= 4 is 33.9 Å². The van der Waals surface area contributed by atoms with Crippen molar-refractivity contribution in [2.75, 3.05) is 6.61 Å². The maximum atomic E-state index is 12.8. The van der Waals surface area contributed by atoms with Crippen molar-refractivity contribution in [2.45, 2.75) is 12.6 Å². The Labute approximate surface area is 200 Å². The van der Waals surface area contributed by atoms with E-state index in [2.05, 4.69) is 4.98 Å². The minimum Gasteiger partial charge on any atom is -0.618 e. The summed E-state index contributed by atoms with van der Waals surface area (Å²) >= 11 is 0. The highest BCUT2D eigenvalue weighted by molar-refractivity contribution is 6.00. The summed E-state index contributed by atoms with van der Waals surface area (Å²) in [5, 5.41) is 13.1. The number of fused-ring (bicyclic) bond motifs is 3. The zero-order valence-corrected chi connectivity index (χ0v) is 18.6. The third kappa shape index (κ3) is 4.67. The minimum atomic E-state index is -0.800. The van der Waals surface area contributed by atoms with E-state index in [4.69, 9.17) is 9.47 Å². The molecular formula is C27H21N3O5. The fraction of sp³-hybridized carbons (Fsp3) is 0.111. The quantitative estimate of drug-likeness (QED) is 0.205. The topological polar surface area (TPSA) is 97.4 Å². The molecule has 0 aliphatic carbocycles. The van der Waals surface area contributed by atoms with E-state index < -0.39 is 18.0 Å². The van der Waals surface area contributed by atoms with E-state index in [1.54, 1.807) is 83.7 Å². The standard InChI is InChI=1S/C27H21N3O5/c31-26(19-9-3-1-4-10-19)34-17-21(35-27(32)20-11-5-2-6-12-20)15-29-18-28-23-16-30(33)24-14-8-7-13-22(24)25(23)29/h1-14,16,18,21H,15,17H2. The van der Waals surface area contributed by atoms with Crippen molar-refractivity contribution in [1.82, 2.24) is 9.55 Å². The first-order chi connectivity index (χ1) is 17.1. The summed E-state index contributed by atoms with van der Waals surface area (Å²) < 4.78 is 13.8. The first-order valence-electron chi connectivity index (χ1n) is 11.0. The van der Waals surface area contributed by atoms with Gasteiger partial charge in [-0.15, -0.1) is 0 Å². The molecule has 3 aromatic carbocycles. The van der Waals surface area contributed by atoms with Crippen LogP contribution in [0.15, 0.2) is 97.5 Å². The number of esters is 2. The zero-order chi connectivity index (χ0) is 24.2. The maximum absolute atomic E-state index is 12.8. The number of aromatic nitrogens is 3. The lowest BCUT2D eigenvalue weighted by Crippen LogP contribution is -2.30. The smallest absolute Gasteiger partial charge is 0.338 e. The molecule has 0 bridgehead atoms. The van der Waals surface area contributed by atoms with Crippen LogP contribution in [0.1, 0.15) is 20.7 Å². The molecule has 0 amide bonds. The zero-order valence-electron chi connectivity index (χ0n) is 18.6. The van der Waals surface area contributed by atoms with Gasteiger partial charge >= 0.3 is 11.9 Å². The Balaban J connectivity index is 1.44. The third-order valence-electron chi connectivity index (χ3n) is 5.60. The first-order valence-corrected chi connectivity index (χ1v) is 11.0. The molecule has 35 heavy (non-hydrogen) atoms. The third-order valence-corrected chi connectivity index (χ3v) is 5.60. The SMILES string of the molecule is O=C(OCC(Cn1cnc2c[n+]([O-])c3ccccc3c21)OC(=O)c1ccccc1)c1ccccc1. The molecule has 8 heteroatoms. The van der Waals surface area contributed by atoms with Crippen LogP contribution in [0.4, 0.5) is 0 Å². The number of pyridine rings is 1. The highest BCUT2D eigenvalue weighted by Gasteiger charge is 2.22. The second kappa shape index (κ2) is 9.64. The van der Waals surface area contributed by atoms with Gasteiger partial charge in [0, 0.05) is 6.07 Å². The van der Waals surface area contributed by atoms with Gasteiger partial charge in [0.15, 0.2) is 11.6 Å². The Morgan fingerprint density at radius 3 is 2.23 bits per heavy atom. The molecule has 0 fully saturated rings. The number of hydrogen-bond acceptors (Lipinski definition) is 6. The van der Waals surface area contributed by atoms with E-state index in [0.29, 0.717) is 27.5 Å². The van der Waals surface area contributed by atoms with Crippen LogP contribution in [0.2, 0.25) is 0 Å². The van der Waals surface area contributed by atoms with Gasteiger partial charge in [0.2, 0.25) is 11.7 Å². The van der Waals surface area contributed by atoms with E-state index in [9.17, 15) is 14.8 Å². The van der Waals surface area contributed by atoms with Gasteiger partial charge in [-0.25, -0.2) is 14.6 Å². The number of nitrogens with zero attached hydrogens (tertiary/aromatic N) is 3. The number of rotatable bonds is 7. The normalized spacial score (nSPS) is 11.9. The van der Waals surface area contributed by atoms with Crippen LogP contribution in [-0.4, -0.2) is 34.2 Å². The number of imidazole rings is 1. The number of benzene rings is 3. The lowest BCUT2D eigenvalue weighted by atomic mass is 10.2. The van der Waals surface area contributed by atoms with Crippen molar-refractivity contribution in [3.63, 3.8) is 0 Å². The molecule has 0 saturated heterocycles. The van der Waals surface area contributed by atoms with Gasteiger partial charge in [-0.3, -0.25) is 0 Å². The highest BCUT2D eigenvalue weighted by atomic mass is 16.6. The Morgan fingerprint density at radius 1 is 0.886 bits per heavy atom. The average molecular weight is 467 g/mol. The van der Waals surface area contributed by atoms with E-state index in [1.807, 2.05) is 12.1 Å². The van der Waals surface area contributed by atoms with Crippen LogP contribution in [0.5, 0.6) is 0 Å². The predicted molar refractivity (Wildman–Crippen MR) is 129 cm³/mol. The molecule has 5 aromatic rings. The van der Waals surface area contributed by atoms with E-state index in [0.717, 1.165) is 10.2 Å². The molecule has 8 nitrogen and oxygen atoms in total. The summed E-state index contributed by atoms with van der Waals surface area (Å²) in [5.41, 5.74) is 2.52. The predicted octanol–water partition coefficient (Wildman–Crippen LogP) is 3.91. The number of carbonyl (C=O) groups excluding carboxylic acids is 2. The molecule has 1 unspecified atom stereocenters. The first kappa shape index (κ1) is 22.1. The molecule has 0 radical (unpaired) electrons. The molecule has 174 valence electrons. The molecule has 0 aliphatic rings. The van der Waals surface area contributed by atoms with Gasteiger partial charge in [0.05, 0.1) is 34.9 Å². The molecule has 0 spiro atoms.